The van der Waals surface area contributed by atoms with Crippen LogP contribution in [0.15, 0.2) is 24.3 Å². The minimum Gasteiger partial charge on any atom is -0.494 e. The van der Waals surface area contributed by atoms with E-state index in [2.05, 4.69) is 5.32 Å². The molecule has 4 aliphatic carbocycles. The first-order valence-corrected chi connectivity index (χ1v) is 11.1. The Morgan fingerprint density at radius 1 is 1.03 bits per heavy atom. The molecule has 5 rings (SSSR count). The lowest BCUT2D eigenvalue weighted by molar-refractivity contribution is -0.152. The standard InChI is InChI=1S/C24H31NO5/c1-3-29-20-6-4-19(5-7-20)22(27)15(2)30-21(26)14-25-23(28)24-11-16-8-17(12-24)10-18(9-16)13-24/h4-7,15-18H,3,8-14H2,1-2H3,(H,25,28)/t15-,16?,17?,18?,24?/m1/s1. The molecule has 30 heavy (non-hydrogen) atoms. The summed E-state index contributed by atoms with van der Waals surface area (Å²) in [5, 5.41) is 2.80. The van der Waals surface area contributed by atoms with Gasteiger partial charge in [-0.2, -0.15) is 0 Å². The fraction of sp³-hybridized carbons (Fsp3) is 0.625. The van der Waals surface area contributed by atoms with Gasteiger partial charge in [-0.15, -0.1) is 0 Å². The van der Waals surface area contributed by atoms with Crippen LogP contribution in [0.4, 0.5) is 0 Å². The molecular formula is C24H31NO5. The van der Waals surface area contributed by atoms with Crippen LogP contribution in [0.3, 0.4) is 0 Å². The predicted molar refractivity (Wildman–Crippen MR) is 111 cm³/mol. The molecule has 162 valence electrons. The first-order valence-electron chi connectivity index (χ1n) is 11.1. The summed E-state index contributed by atoms with van der Waals surface area (Å²) in [7, 11) is 0. The Kier molecular flexibility index (Phi) is 5.85. The smallest absolute Gasteiger partial charge is 0.326 e. The molecule has 1 atom stereocenters. The Bertz CT molecular complexity index is 780. The number of carbonyl (C=O) groups excluding carboxylic acids is 3. The molecule has 4 saturated carbocycles. The highest BCUT2D eigenvalue weighted by Gasteiger charge is 2.54. The number of benzene rings is 1. The number of nitrogens with one attached hydrogen (secondary N) is 1. The zero-order chi connectivity index (χ0) is 21.3. The van der Waals surface area contributed by atoms with Gasteiger partial charge in [0.1, 0.15) is 12.3 Å². The lowest BCUT2D eigenvalue weighted by atomic mass is 9.49. The largest absolute Gasteiger partial charge is 0.494 e. The number of Topliss-reactive ketones (excluding diaryl/α,β-unsaturated/α-hetero) is 1. The summed E-state index contributed by atoms with van der Waals surface area (Å²) in [5.74, 6) is 1.82. The zero-order valence-electron chi connectivity index (χ0n) is 17.8. The fourth-order valence-corrected chi connectivity index (χ4v) is 6.14. The Labute approximate surface area is 177 Å². The highest BCUT2D eigenvalue weighted by molar-refractivity contribution is 6.00. The van der Waals surface area contributed by atoms with E-state index in [4.69, 9.17) is 9.47 Å². The van der Waals surface area contributed by atoms with Crippen molar-refractivity contribution in [3.63, 3.8) is 0 Å². The van der Waals surface area contributed by atoms with E-state index in [0.29, 0.717) is 35.7 Å². The molecule has 0 radical (unpaired) electrons. The molecule has 4 aliphatic rings. The van der Waals surface area contributed by atoms with Crippen molar-refractivity contribution in [1.29, 1.82) is 0 Å². The van der Waals surface area contributed by atoms with Gasteiger partial charge in [0.2, 0.25) is 11.7 Å². The SMILES string of the molecule is CCOc1ccc(C(=O)[C@@H](C)OC(=O)CNC(=O)C23CC4CC(CC(C4)C2)C3)cc1. The molecule has 0 aliphatic heterocycles. The number of esters is 1. The normalized spacial score (nSPS) is 29.9. The topological polar surface area (TPSA) is 81.7 Å². The van der Waals surface area contributed by atoms with Crippen LogP contribution < -0.4 is 10.1 Å². The van der Waals surface area contributed by atoms with Crippen molar-refractivity contribution in [2.45, 2.75) is 58.5 Å². The van der Waals surface area contributed by atoms with Crippen molar-refractivity contribution >= 4 is 17.7 Å². The molecule has 6 heteroatoms. The van der Waals surface area contributed by atoms with Gasteiger partial charge in [-0.05, 0) is 94.4 Å². The number of carbonyl (C=O) groups is 3. The fourth-order valence-electron chi connectivity index (χ4n) is 6.14. The lowest BCUT2D eigenvalue weighted by Crippen LogP contribution is -2.54. The Morgan fingerprint density at radius 2 is 1.60 bits per heavy atom. The van der Waals surface area contributed by atoms with E-state index in [0.717, 1.165) is 19.3 Å². The molecule has 6 nitrogen and oxygen atoms in total. The molecule has 1 aromatic rings. The Morgan fingerprint density at radius 3 is 2.13 bits per heavy atom. The van der Waals surface area contributed by atoms with Crippen LogP contribution in [0.5, 0.6) is 5.75 Å². The van der Waals surface area contributed by atoms with Crippen molar-refractivity contribution in [2.24, 2.45) is 23.2 Å². The molecule has 1 amide bonds. The van der Waals surface area contributed by atoms with E-state index in [1.54, 1.807) is 31.2 Å². The van der Waals surface area contributed by atoms with Gasteiger partial charge in [0.25, 0.3) is 0 Å². The van der Waals surface area contributed by atoms with Crippen LogP contribution in [0, 0.1) is 23.2 Å². The highest BCUT2D eigenvalue weighted by Crippen LogP contribution is 2.60. The second kappa shape index (κ2) is 8.40. The van der Waals surface area contributed by atoms with E-state index in [-0.39, 0.29) is 23.7 Å². The Hall–Kier alpha value is -2.37. The summed E-state index contributed by atoms with van der Waals surface area (Å²) in [4.78, 5) is 37.7. The highest BCUT2D eigenvalue weighted by atomic mass is 16.5. The summed E-state index contributed by atoms with van der Waals surface area (Å²) < 4.78 is 10.6. The number of hydrogen-bond donors (Lipinski definition) is 1. The molecule has 0 unspecified atom stereocenters. The van der Waals surface area contributed by atoms with Gasteiger partial charge in [-0.25, -0.2) is 0 Å². The molecule has 4 bridgehead atoms. The molecule has 1 N–H and O–H groups in total. The van der Waals surface area contributed by atoms with E-state index in [1.165, 1.54) is 19.3 Å². The molecular weight excluding hydrogens is 382 g/mol. The minimum absolute atomic E-state index is 0.0101. The van der Waals surface area contributed by atoms with E-state index in [1.807, 2.05) is 6.92 Å². The second-order valence-electron chi connectivity index (χ2n) is 9.33. The van der Waals surface area contributed by atoms with Gasteiger partial charge in [0.05, 0.1) is 6.61 Å². The van der Waals surface area contributed by atoms with E-state index < -0.39 is 12.1 Å². The van der Waals surface area contributed by atoms with Gasteiger partial charge in [0, 0.05) is 11.0 Å². The van der Waals surface area contributed by atoms with Gasteiger partial charge in [-0.3, -0.25) is 14.4 Å². The molecule has 0 saturated heterocycles. The van der Waals surface area contributed by atoms with Crippen LogP contribution in [-0.4, -0.2) is 36.9 Å². The summed E-state index contributed by atoms with van der Waals surface area (Å²) >= 11 is 0. The average Bonchev–Trinajstić information content (AvgIpc) is 2.71. The Balaban J connectivity index is 1.27. The molecule has 4 fully saturated rings. The summed E-state index contributed by atoms with van der Waals surface area (Å²) in [5.41, 5.74) is 0.162. The van der Waals surface area contributed by atoms with Gasteiger partial charge >= 0.3 is 5.97 Å². The average molecular weight is 414 g/mol. The summed E-state index contributed by atoms with van der Waals surface area (Å²) in [6, 6.07) is 6.76. The third-order valence-corrected chi connectivity index (χ3v) is 7.04. The van der Waals surface area contributed by atoms with Gasteiger partial charge in [-0.1, -0.05) is 0 Å². The first kappa shape index (κ1) is 20.9. The number of rotatable bonds is 8. The second-order valence-corrected chi connectivity index (χ2v) is 9.33. The van der Waals surface area contributed by atoms with Crippen molar-refractivity contribution in [2.75, 3.05) is 13.2 Å². The van der Waals surface area contributed by atoms with Crippen LogP contribution in [0.1, 0.15) is 62.7 Å². The maximum atomic E-state index is 12.9. The van der Waals surface area contributed by atoms with Crippen LogP contribution in [0.2, 0.25) is 0 Å². The van der Waals surface area contributed by atoms with Crippen LogP contribution in [0.25, 0.3) is 0 Å². The number of ether oxygens (including phenoxy) is 2. The maximum absolute atomic E-state index is 12.9. The third kappa shape index (κ3) is 4.23. The maximum Gasteiger partial charge on any atom is 0.326 e. The predicted octanol–water partition coefficient (Wildman–Crippen LogP) is 3.53. The zero-order valence-corrected chi connectivity index (χ0v) is 17.8. The lowest BCUT2D eigenvalue weighted by Gasteiger charge is -2.55. The molecule has 0 spiro atoms. The first-order chi connectivity index (χ1) is 14.4. The van der Waals surface area contributed by atoms with Crippen molar-refractivity contribution in [1.82, 2.24) is 5.32 Å². The minimum atomic E-state index is -0.910. The van der Waals surface area contributed by atoms with Crippen molar-refractivity contribution in [3.05, 3.63) is 29.8 Å². The quantitative estimate of drug-likeness (QED) is 0.521. The molecule has 0 aromatic heterocycles. The summed E-state index contributed by atoms with van der Waals surface area (Å²) in [6.07, 6.45) is 5.73. The van der Waals surface area contributed by atoms with Gasteiger partial charge in [0.15, 0.2) is 6.10 Å². The number of amides is 1. The van der Waals surface area contributed by atoms with Crippen LogP contribution >= 0.6 is 0 Å². The molecule has 1 aromatic carbocycles. The van der Waals surface area contributed by atoms with Crippen molar-refractivity contribution in [3.8, 4) is 5.75 Å². The number of ketones is 1. The van der Waals surface area contributed by atoms with Crippen LogP contribution in [-0.2, 0) is 14.3 Å². The van der Waals surface area contributed by atoms with Gasteiger partial charge < -0.3 is 14.8 Å². The molecule has 0 heterocycles. The van der Waals surface area contributed by atoms with Crippen molar-refractivity contribution < 1.29 is 23.9 Å². The summed E-state index contributed by atoms with van der Waals surface area (Å²) in [6.45, 7) is 3.80. The van der Waals surface area contributed by atoms with E-state index >= 15 is 0 Å². The monoisotopic (exact) mass is 413 g/mol. The third-order valence-electron chi connectivity index (χ3n) is 7.04. The van der Waals surface area contributed by atoms with E-state index in [9.17, 15) is 14.4 Å². The number of hydrogen-bond acceptors (Lipinski definition) is 5.